The number of hydrogen-bond acceptors (Lipinski definition) is 5. The normalized spacial score (nSPS) is 10.6. The average molecular weight is 359 g/mol. The van der Waals surface area contributed by atoms with E-state index < -0.39 is 17.6 Å². The molecule has 0 aliphatic rings. The zero-order chi connectivity index (χ0) is 18.7. The fourth-order valence-corrected chi connectivity index (χ4v) is 2.46. The molecule has 0 aliphatic carbocycles. The van der Waals surface area contributed by atoms with Crippen molar-refractivity contribution in [1.82, 2.24) is 15.0 Å². The number of hydrogen-bond donors (Lipinski definition) is 0. The second kappa shape index (κ2) is 7.30. The maximum Gasteiger partial charge on any atom is 0.337 e. The highest BCUT2D eigenvalue weighted by Gasteiger charge is 2.13. The molecular formula is C18H15F2N3O3. The first-order valence-corrected chi connectivity index (χ1v) is 7.62. The summed E-state index contributed by atoms with van der Waals surface area (Å²) in [7, 11) is 2.69. The molecule has 3 rings (SSSR count). The second-order valence-corrected chi connectivity index (χ2v) is 5.45. The standard InChI is InChI=1S/C18H15F2N3O3/c1-25-17-8-15(20)14(19)7-13(17)9-23-10-16(21-22-23)11-3-5-12(6-4-11)18(24)26-2/h3-8,10H,9H2,1-2H3. The molecule has 0 atom stereocenters. The van der Waals surface area contributed by atoms with E-state index in [-0.39, 0.29) is 12.3 Å². The molecule has 0 amide bonds. The van der Waals surface area contributed by atoms with E-state index in [2.05, 4.69) is 15.0 Å². The summed E-state index contributed by atoms with van der Waals surface area (Å²) in [6, 6.07) is 8.75. The van der Waals surface area contributed by atoms with Gasteiger partial charge in [-0.2, -0.15) is 0 Å². The van der Waals surface area contributed by atoms with E-state index >= 15 is 0 Å². The zero-order valence-corrected chi connectivity index (χ0v) is 14.1. The first-order chi connectivity index (χ1) is 12.5. The van der Waals surface area contributed by atoms with E-state index in [4.69, 9.17) is 4.74 Å². The number of aromatic nitrogens is 3. The number of rotatable bonds is 5. The molecule has 0 radical (unpaired) electrons. The maximum atomic E-state index is 13.5. The molecule has 3 aromatic rings. The van der Waals surface area contributed by atoms with Crippen LogP contribution in [-0.2, 0) is 11.3 Å². The lowest BCUT2D eigenvalue weighted by atomic mass is 10.1. The molecule has 2 aromatic carbocycles. The molecule has 6 nitrogen and oxygen atoms in total. The Morgan fingerprint density at radius 2 is 1.81 bits per heavy atom. The number of halogens is 2. The molecule has 26 heavy (non-hydrogen) atoms. The van der Waals surface area contributed by atoms with Crippen LogP contribution in [-0.4, -0.2) is 35.2 Å². The minimum atomic E-state index is -0.976. The zero-order valence-electron chi connectivity index (χ0n) is 14.1. The summed E-state index contributed by atoms with van der Waals surface area (Å²) in [5.74, 6) is -2.14. The van der Waals surface area contributed by atoms with Gasteiger partial charge in [0.05, 0.1) is 32.5 Å². The van der Waals surface area contributed by atoms with Crippen LogP contribution in [0.1, 0.15) is 15.9 Å². The van der Waals surface area contributed by atoms with Gasteiger partial charge in [-0.05, 0) is 18.2 Å². The molecule has 0 N–H and O–H groups in total. The summed E-state index contributed by atoms with van der Waals surface area (Å²) in [4.78, 5) is 11.5. The van der Waals surface area contributed by atoms with E-state index in [1.807, 2.05) is 0 Å². The molecule has 0 spiro atoms. The molecule has 0 bridgehead atoms. The van der Waals surface area contributed by atoms with Crippen molar-refractivity contribution in [3.8, 4) is 17.0 Å². The summed E-state index contributed by atoms with van der Waals surface area (Å²) in [6.07, 6.45) is 1.66. The van der Waals surface area contributed by atoms with Crippen LogP contribution in [0.2, 0.25) is 0 Å². The van der Waals surface area contributed by atoms with Crippen LogP contribution in [0.4, 0.5) is 8.78 Å². The third-order valence-electron chi connectivity index (χ3n) is 3.80. The quantitative estimate of drug-likeness (QED) is 0.655. The number of methoxy groups -OCH3 is 2. The number of esters is 1. The van der Waals surface area contributed by atoms with E-state index in [1.165, 1.54) is 18.9 Å². The number of carbonyl (C=O) groups is 1. The maximum absolute atomic E-state index is 13.5. The van der Waals surface area contributed by atoms with Gasteiger partial charge in [-0.3, -0.25) is 0 Å². The van der Waals surface area contributed by atoms with Crippen LogP contribution in [0.3, 0.4) is 0 Å². The Hall–Kier alpha value is -3.29. The molecule has 8 heteroatoms. The number of ether oxygens (including phenoxy) is 2. The van der Waals surface area contributed by atoms with E-state index in [9.17, 15) is 13.6 Å². The molecule has 0 fully saturated rings. The van der Waals surface area contributed by atoms with Gasteiger partial charge in [0.15, 0.2) is 11.6 Å². The first-order valence-electron chi connectivity index (χ1n) is 7.62. The number of benzene rings is 2. The van der Waals surface area contributed by atoms with Crippen LogP contribution in [0.15, 0.2) is 42.6 Å². The molecule has 134 valence electrons. The summed E-state index contributed by atoms with van der Waals surface area (Å²) >= 11 is 0. The van der Waals surface area contributed by atoms with E-state index in [1.54, 1.807) is 30.5 Å². The Morgan fingerprint density at radius 3 is 2.46 bits per heavy atom. The third kappa shape index (κ3) is 3.53. The third-order valence-corrected chi connectivity index (χ3v) is 3.80. The van der Waals surface area contributed by atoms with Crippen molar-refractivity contribution < 1.29 is 23.0 Å². The lowest BCUT2D eigenvalue weighted by molar-refractivity contribution is 0.0600. The fraction of sp³-hybridized carbons (Fsp3) is 0.167. The second-order valence-electron chi connectivity index (χ2n) is 5.45. The van der Waals surface area contributed by atoms with Gasteiger partial charge in [-0.1, -0.05) is 17.3 Å². The van der Waals surface area contributed by atoms with Crippen molar-refractivity contribution in [3.05, 3.63) is 65.4 Å². The molecule has 1 aromatic heterocycles. The predicted octanol–water partition coefficient (Wildman–Crippen LogP) is 3.07. The van der Waals surface area contributed by atoms with Crippen molar-refractivity contribution in [2.75, 3.05) is 14.2 Å². The van der Waals surface area contributed by atoms with Gasteiger partial charge in [0.25, 0.3) is 0 Å². The van der Waals surface area contributed by atoms with Crippen LogP contribution >= 0.6 is 0 Å². The molecule has 0 aliphatic heterocycles. The molecule has 1 heterocycles. The highest BCUT2D eigenvalue weighted by Crippen LogP contribution is 2.24. The van der Waals surface area contributed by atoms with Gasteiger partial charge >= 0.3 is 5.97 Å². The summed E-state index contributed by atoms with van der Waals surface area (Å²) < 4.78 is 38.0. The molecule has 0 saturated heterocycles. The lowest BCUT2D eigenvalue weighted by Crippen LogP contribution is -2.04. The Morgan fingerprint density at radius 1 is 1.12 bits per heavy atom. The smallest absolute Gasteiger partial charge is 0.337 e. The Kier molecular flexibility index (Phi) is 4.92. The average Bonchev–Trinajstić information content (AvgIpc) is 3.12. The SMILES string of the molecule is COC(=O)c1ccc(-c2cn(Cc3cc(F)c(F)cc3OC)nn2)cc1. The van der Waals surface area contributed by atoms with Gasteiger partial charge in [0.2, 0.25) is 0 Å². The van der Waals surface area contributed by atoms with Gasteiger partial charge in [-0.25, -0.2) is 18.3 Å². The Labute approximate surface area is 148 Å². The highest BCUT2D eigenvalue weighted by atomic mass is 19.2. The minimum absolute atomic E-state index is 0.160. The molecule has 0 unspecified atom stereocenters. The Balaban J connectivity index is 1.82. The van der Waals surface area contributed by atoms with Gasteiger partial charge < -0.3 is 9.47 Å². The van der Waals surface area contributed by atoms with Gasteiger partial charge in [0, 0.05) is 17.2 Å². The summed E-state index contributed by atoms with van der Waals surface area (Å²) in [5.41, 5.74) is 2.18. The van der Waals surface area contributed by atoms with E-state index in [0.717, 1.165) is 17.7 Å². The number of nitrogens with zero attached hydrogens (tertiary/aromatic N) is 3. The monoisotopic (exact) mass is 359 g/mol. The first kappa shape index (κ1) is 17.5. The Bertz CT molecular complexity index is 939. The number of carbonyl (C=O) groups excluding carboxylic acids is 1. The van der Waals surface area contributed by atoms with Crippen LogP contribution in [0, 0.1) is 11.6 Å². The minimum Gasteiger partial charge on any atom is -0.496 e. The molecular weight excluding hydrogens is 344 g/mol. The van der Waals surface area contributed by atoms with Crippen molar-refractivity contribution in [3.63, 3.8) is 0 Å². The highest BCUT2D eigenvalue weighted by molar-refractivity contribution is 5.89. The van der Waals surface area contributed by atoms with Crippen LogP contribution in [0.25, 0.3) is 11.3 Å². The van der Waals surface area contributed by atoms with Crippen LogP contribution in [0.5, 0.6) is 5.75 Å². The predicted molar refractivity (Wildman–Crippen MR) is 88.8 cm³/mol. The fourth-order valence-electron chi connectivity index (χ4n) is 2.46. The van der Waals surface area contributed by atoms with Gasteiger partial charge in [-0.15, -0.1) is 5.10 Å². The van der Waals surface area contributed by atoms with Gasteiger partial charge in [0.1, 0.15) is 11.4 Å². The summed E-state index contributed by atoms with van der Waals surface area (Å²) in [6.45, 7) is 0.160. The van der Waals surface area contributed by atoms with Crippen LogP contribution < -0.4 is 4.74 Å². The largest absolute Gasteiger partial charge is 0.496 e. The van der Waals surface area contributed by atoms with Crippen molar-refractivity contribution in [2.45, 2.75) is 6.54 Å². The van der Waals surface area contributed by atoms with Crippen molar-refractivity contribution >= 4 is 5.97 Å². The van der Waals surface area contributed by atoms with Crippen molar-refractivity contribution in [2.24, 2.45) is 0 Å². The summed E-state index contributed by atoms with van der Waals surface area (Å²) in [5, 5.41) is 8.05. The molecule has 0 saturated carbocycles. The lowest BCUT2D eigenvalue weighted by Gasteiger charge is -2.08. The topological polar surface area (TPSA) is 66.2 Å². The van der Waals surface area contributed by atoms with Crippen molar-refractivity contribution in [1.29, 1.82) is 0 Å². The van der Waals surface area contributed by atoms with E-state index in [0.29, 0.717) is 16.8 Å².